The lowest BCUT2D eigenvalue weighted by Crippen LogP contribution is -2.40. The summed E-state index contributed by atoms with van der Waals surface area (Å²) < 4.78 is 5.38. The molecule has 0 radical (unpaired) electrons. The molecule has 1 aliphatic rings. The van der Waals surface area contributed by atoms with Crippen LogP contribution in [0.1, 0.15) is 26.2 Å². The number of guanidine groups is 1. The highest BCUT2D eigenvalue weighted by Crippen LogP contribution is 2.18. The van der Waals surface area contributed by atoms with Crippen molar-refractivity contribution in [1.29, 1.82) is 0 Å². The van der Waals surface area contributed by atoms with Crippen LogP contribution in [0.2, 0.25) is 0 Å². The van der Waals surface area contributed by atoms with Crippen molar-refractivity contribution in [1.82, 2.24) is 10.2 Å². The second kappa shape index (κ2) is 11.5. The molecular formula is C14H28IN3O. The Morgan fingerprint density at radius 3 is 2.74 bits per heavy atom. The van der Waals surface area contributed by atoms with E-state index in [4.69, 9.17) is 4.74 Å². The Hall–Kier alpha value is -0.300. The fourth-order valence-corrected chi connectivity index (χ4v) is 2.14. The highest BCUT2D eigenvalue weighted by molar-refractivity contribution is 14.0. The number of ether oxygens (including phenoxy) is 1. The Morgan fingerprint density at radius 1 is 1.47 bits per heavy atom. The third-order valence-electron chi connectivity index (χ3n) is 3.28. The number of hydrogen-bond acceptors (Lipinski definition) is 2. The molecule has 0 atom stereocenters. The highest BCUT2D eigenvalue weighted by atomic mass is 127. The number of rotatable bonds is 6. The van der Waals surface area contributed by atoms with Crippen molar-refractivity contribution < 1.29 is 4.74 Å². The monoisotopic (exact) mass is 381 g/mol. The van der Waals surface area contributed by atoms with Gasteiger partial charge in [-0.1, -0.05) is 6.08 Å². The summed E-state index contributed by atoms with van der Waals surface area (Å²) in [4.78, 5) is 6.70. The summed E-state index contributed by atoms with van der Waals surface area (Å²) in [6.45, 7) is 10.3. The molecule has 112 valence electrons. The normalized spacial score (nSPS) is 16.6. The van der Waals surface area contributed by atoms with E-state index in [1.54, 1.807) is 0 Å². The summed E-state index contributed by atoms with van der Waals surface area (Å²) >= 11 is 0. The van der Waals surface area contributed by atoms with Gasteiger partial charge < -0.3 is 15.0 Å². The van der Waals surface area contributed by atoms with Crippen molar-refractivity contribution in [3.8, 4) is 0 Å². The van der Waals surface area contributed by atoms with Gasteiger partial charge in [0.1, 0.15) is 0 Å². The van der Waals surface area contributed by atoms with Crippen LogP contribution in [0.4, 0.5) is 0 Å². The highest BCUT2D eigenvalue weighted by Gasteiger charge is 2.15. The van der Waals surface area contributed by atoms with Crippen LogP contribution in [-0.2, 0) is 4.74 Å². The molecule has 0 saturated carbocycles. The molecule has 19 heavy (non-hydrogen) atoms. The number of aliphatic imine (C=N–C) groups is 1. The predicted molar refractivity (Wildman–Crippen MR) is 92.4 cm³/mol. The molecule has 0 aliphatic carbocycles. The van der Waals surface area contributed by atoms with E-state index in [1.165, 1.54) is 19.3 Å². The molecule has 0 aromatic carbocycles. The predicted octanol–water partition coefficient (Wildman–Crippen LogP) is 2.50. The van der Waals surface area contributed by atoms with Gasteiger partial charge in [-0.05, 0) is 32.1 Å². The van der Waals surface area contributed by atoms with Crippen LogP contribution in [0, 0.1) is 5.92 Å². The number of hydrogen-bond donors (Lipinski definition) is 1. The van der Waals surface area contributed by atoms with Crippen molar-refractivity contribution in [2.45, 2.75) is 26.2 Å². The lowest BCUT2D eigenvalue weighted by Gasteiger charge is -2.26. The van der Waals surface area contributed by atoms with Gasteiger partial charge in [0, 0.05) is 33.4 Å². The van der Waals surface area contributed by atoms with Crippen LogP contribution in [-0.4, -0.2) is 50.8 Å². The summed E-state index contributed by atoms with van der Waals surface area (Å²) in [7, 11) is 2.10. The maximum Gasteiger partial charge on any atom is 0.193 e. The first-order valence-electron chi connectivity index (χ1n) is 6.96. The number of halogens is 1. The van der Waals surface area contributed by atoms with E-state index in [1.807, 2.05) is 6.08 Å². The zero-order valence-electron chi connectivity index (χ0n) is 12.2. The average molecular weight is 381 g/mol. The van der Waals surface area contributed by atoms with Gasteiger partial charge in [-0.25, -0.2) is 4.99 Å². The minimum atomic E-state index is 0. The molecule has 1 heterocycles. The molecule has 4 nitrogen and oxygen atoms in total. The maximum absolute atomic E-state index is 5.38. The van der Waals surface area contributed by atoms with E-state index < -0.39 is 0 Å². The quantitative estimate of drug-likeness (QED) is 0.333. The van der Waals surface area contributed by atoms with Crippen LogP contribution in [0.25, 0.3) is 0 Å². The summed E-state index contributed by atoms with van der Waals surface area (Å²) in [5, 5.41) is 3.31. The molecule has 1 N–H and O–H groups in total. The minimum absolute atomic E-state index is 0. The maximum atomic E-state index is 5.38. The first-order chi connectivity index (χ1) is 8.77. The van der Waals surface area contributed by atoms with E-state index in [0.717, 1.165) is 38.2 Å². The topological polar surface area (TPSA) is 36.9 Å². The van der Waals surface area contributed by atoms with Crippen LogP contribution >= 0.6 is 24.0 Å². The number of nitrogens with one attached hydrogen (secondary N) is 1. The van der Waals surface area contributed by atoms with E-state index >= 15 is 0 Å². The molecule has 1 aliphatic heterocycles. The van der Waals surface area contributed by atoms with Crippen LogP contribution in [0.5, 0.6) is 0 Å². The fourth-order valence-electron chi connectivity index (χ4n) is 2.14. The lowest BCUT2D eigenvalue weighted by atomic mass is 9.96. The van der Waals surface area contributed by atoms with Crippen LogP contribution in [0.3, 0.4) is 0 Å². The molecule has 0 aromatic heterocycles. The first kappa shape index (κ1) is 18.7. The Bertz CT molecular complexity index is 265. The minimum Gasteiger partial charge on any atom is -0.381 e. The van der Waals surface area contributed by atoms with E-state index in [0.29, 0.717) is 6.54 Å². The number of nitrogens with zero attached hydrogens (tertiary/aromatic N) is 2. The third-order valence-corrected chi connectivity index (χ3v) is 3.28. The van der Waals surface area contributed by atoms with Crippen molar-refractivity contribution in [2.75, 3.05) is 39.9 Å². The average Bonchev–Trinajstić information content (AvgIpc) is 2.42. The van der Waals surface area contributed by atoms with E-state index in [2.05, 4.69) is 35.8 Å². The molecule has 5 heteroatoms. The summed E-state index contributed by atoms with van der Waals surface area (Å²) in [5.41, 5.74) is 0. The third kappa shape index (κ3) is 7.77. The Balaban J connectivity index is 0.00000324. The summed E-state index contributed by atoms with van der Waals surface area (Å²) in [6.07, 6.45) is 5.45. The molecular weight excluding hydrogens is 353 g/mol. The van der Waals surface area contributed by atoms with Gasteiger partial charge in [-0.15, -0.1) is 30.6 Å². The van der Waals surface area contributed by atoms with Crippen molar-refractivity contribution in [3.63, 3.8) is 0 Å². The van der Waals surface area contributed by atoms with Crippen molar-refractivity contribution >= 4 is 29.9 Å². The SMILES string of the molecule is C=CCN=C(NCC)N(C)CCC1CCOCC1.I. The van der Waals surface area contributed by atoms with Crippen LogP contribution in [0.15, 0.2) is 17.6 Å². The summed E-state index contributed by atoms with van der Waals surface area (Å²) in [6, 6.07) is 0. The van der Waals surface area contributed by atoms with Gasteiger partial charge in [0.15, 0.2) is 5.96 Å². The molecule has 0 spiro atoms. The van der Waals surface area contributed by atoms with Gasteiger partial charge in [0.05, 0.1) is 6.54 Å². The van der Waals surface area contributed by atoms with E-state index in [9.17, 15) is 0 Å². The fraction of sp³-hybridized carbons (Fsp3) is 0.786. The molecule has 1 rings (SSSR count). The van der Waals surface area contributed by atoms with Gasteiger partial charge >= 0.3 is 0 Å². The van der Waals surface area contributed by atoms with Crippen molar-refractivity contribution in [2.24, 2.45) is 10.9 Å². The van der Waals surface area contributed by atoms with Gasteiger partial charge in [-0.3, -0.25) is 0 Å². The first-order valence-corrected chi connectivity index (χ1v) is 6.96. The van der Waals surface area contributed by atoms with Crippen LogP contribution < -0.4 is 5.32 Å². The van der Waals surface area contributed by atoms with Gasteiger partial charge in [-0.2, -0.15) is 0 Å². The molecule has 0 bridgehead atoms. The summed E-state index contributed by atoms with van der Waals surface area (Å²) in [5.74, 6) is 1.79. The Morgan fingerprint density at radius 2 is 2.16 bits per heavy atom. The van der Waals surface area contributed by atoms with Gasteiger partial charge in [0.25, 0.3) is 0 Å². The zero-order valence-corrected chi connectivity index (χ0v) is 14.6. The largest absolute Gasteiger partial charge is 0.381 e. The standard InChI is InChI=1S/C14H27N3O.HI/c1-4-9-16-14(15-5-2)17(3)10-6-13-7-11-18-12-8-13;/h4,13H,1,5-12H2,2-3H3,(H,15,16);1H. The Kier molecular flexibility index (Phi) is 11.3. The molecule has 1 saturated heterocycles. The Labute approximate surface area is 134 Å². The van der Waals surface area contributed by atoms with Gasteiger partial charge in [0.2, 0.25) is 0 Å². The molecule has 0 aromatic rings. The molecule has 0 amide bonds. The van der Waals surface area contributed by atoms with E-state index in [-0.39, 0.29) is 24.0 Å². The van der Waals surface area contributed by atoms with Crippen molar-refractivity contribution in [3.05, 3.63) is 12.7 Å². The lowest BCUT2D eigenvalue weighted by molar-refractivity contribution is 0.0625. The molecule has 1 fully saturated rings. The zero-order chi connectivity index (χ0) is 13.2. The second-order valence-electron chi connectivity index (χ2n) is 4.75. The second-order valence-corrected chi connectivity index (χ2v) is 4.75. The smallest absolute Gasteiger partial charge is 0.193 e. The molecule has 0 unspecified atom stereocenters.